The van der Waals surface area contributed by atoms with Gasteiger partial charge >= 0.3 is 11.9 Å². The molecule has 0 aliphatic rings. The van der Waals surface area contributed by atoms with Crippen molar-refractivity contribution in [1.29, 1.82) is 0 Å². The zero-order valence-corrected chi connectivity index (χ0v) is 17.6. The number of carbonyl (C=O) groups excluding carboxylic acids is 3. The summed E-state index contributed by atoms with van der Waals surface area (Å²) in [7, 11) is 3.43. The summed E-state index contributed by atoms with van der Waals surface area (Å²) in [5.74, 6) is 0.320. The van der Waals surface area contributed by atoms with Crippen LogP contribution in [0.3, 0.4) is 0 Å². The molecule has 2 unspecified atom stereocenters. The van der Waals surface area contributed by atoms with Crippen LogP contribution < -0.4 is 0 Å². The molecule has 152 valence electrons. The summed E-state index contributed by atoms with van der Waals surface area (Å²) in [6.07, 6.45) is -0.211. The minimum absolute atomic E-state index is 0.0593. The maximum absolute atomic E-state index is 11.8. The van der Waals surface area contributed by atoms with Crippen molar-refractivity contribution in [3.8, 4) is 0 Å². The smallest absolute Gasteiger partial charge is 0.311 e. The van der Waals surface area contributed by atoms with E-state index in [0.29, 0.717) is 17.9 Å². The monoisotopic (exact) mass is 391 g/mol. The number of ether oxygens (including phenoxy) is 2. The van der Waals surface area contributed by atoms with E-state index in [1.165, 1.54) is 11.8 Å². The average molecular weight is 392 g/mol. The first kappa shape index (κ1) is 24.7. The second-order valence-corrected chi connectivity index (χ2v) is 8.28. The zero-order valence-electron chi connectivity index (χ0n) is 16.7. The fraction of sp³-hybridized carbons (Fsp3) is 0.833. The molecule has 8 heteroatoms. The quantitative estimate of drug-likeness (QED) is 0.400. The van der Waals surface area contributed by atoms with Crippen molar-refractivity contribution in [2.75, 3.05) is 38.8 Å². The van der Waals surface area contributed by atoms with Crippen LogP contribution in [0.2, 0.25) is 0 Å². The molecule has 0 saturated carbocycles. The van der Waals surface area contributed by atoms with Gasteiger partial charge in [0.25, 0.3) is 0 Å². The van der Waals surface area contributed by atoms with Crippen LogP contribution in [-0.2, 0) is 23.9 Å². The van der Waals surface area contributed by atoms with Gasteiger partial charge in [-0.1, -0.05) is 13.8 Å². The van der Waals surface area contributed by atoms with Crippen LogP contribution >= 0.6 is 11.8 Å². The summed E-state index contributed by atoms with van der Waals surface area (Å²) in [6, 6.07) is 0. The lowest BCUT2D eigenvalue weighted by atomic mass is 9.91. The van der Waals surface area contributed by atoms with Crippen LogP contribution in [0.15, 0.2) is 0 Å². The van der Waals surface area contributed by atoms with Gasteiger partial charge in [-0.3, -0.25) is 14.4 Å². The van der Waals surface area contributed by atoms with Crippen molar-refractivity contribution in [2.24, 2.45) is 11.3 Å². The number of esters is 2. The number of carbonyl (C=O) groups is 3. The molecule has 0 heterocycles. The molecule has 0 aliphatic carbocycles. The van der Waals surface area contributed by atoms with E-state index < -0.39 is 17.5 Å². The van der Waals surface area contributed by atoms with Crippen molar-refractivity contribution in [3.63, 3.8) is 0 Å². The summed E-state index contributed by atoms with van der Waals surface area (Å²) in [6.45, 7) is 6.87. The van der Waals surface area contributed by atoms with Crippen molar-refractivity contribution < 1.29 is 29.0 Å². The van der Waals surface area contributed by atoms with Crippen molar-refractivity contribution in [3.05, 3.63) is 0 Å². The average Bonchev–Trinajstić information content (AvgIpc) is 2.60. The Morgan fingerprint density at radius 3 is 2.27 bits per heavy atom. The lowest BCUT2D eigenvalue weighted by Crippen LogP contribution is -2.31. The number of aliphatic hydroxyl groups excluding tert-OH is 1. The fourth-order valence-corrected chi connectivity index (χ4v) is 2.72. The van der Waals surface area contributed by atoms with Gasteiger partial charge in [-0.25, -0.2) is 0 Å². The first-order valence-corrected chi connectivity index (χ1v) is 9.96. The molecule has 2 atom stereocenters. The number of nitrogens with zero attached hydrogens (tertiary/aromatic N) is 1. The van der Waals surface area contributed by atoms with E-state index in [2.05, 4.69) is 0 Å². The molecule has 0 bridgehead atoms. The highest BCUT2D eigenvalue weighted by atomic mass is 32.2. The van der Waals surface area contributed by atoms with Gasteiger partial charge in [-0.2, -0.15) is 11.8 Å². The molecular weight excluding hydrogens is 358 g/mol. The summed E-state index contributed by atoms with van der Waals surface area (Å²) in [4.78, 5) is 36.7. The third kappa shape index (κ3) is 10.0. The zero-order chi connectivity index (χ0) is 20.3. The Hall–Kier alpha value is -1.28. The number of aliphatic hydroxyl groups is 1. The molecule has 0 aromatic heterocycles. The van der Waals surface area contributed by atoms with Gasteiger partial charge in [-0.15, -0.1) is 0 Å². The lowest BCUT2D eigenvalue weighted by molar-refractivity contribution is -0.159. The Morgan fingerprint density at radius 1 is 1.15 bits per heavy atom. The Labute approximate surface area is 160 Å². The van der Waals surface area contributed by atoms with Gasteiger partial charge in [0.2, 0.25) is 5.91 Å². The van der Waals surface area contributed by atoms with Crippen LogP contribution in [0.1, 0.15) is 40.5 Å². The molecule has 0 radical (unpaired) electrons. The number of hydrogen-bond acceptors (Lipinski definition) is 7. The number of thioether (sulfide) groups is 1. The third-order valence-electron chi connectivity index (χ3n) is 3.96. The molecule has 0 aliphatic heterocycles. The van der Waals surface area contributed by atoms with Gasteiger partial charge in [0.05, 0.1) is 11.8 Å². The van der Waals surface area contributed by atoms with Gasteiger partial charge in [0.1, 0.15) is 19.3 Å². The third-order valence-corrected chi connectivity index (χ3v) is 5.19. The summed E-state index contributed by atoms with van der Waals surface area (Å²) in [5, 5.41) is 9.74. The highest BCUT2D eigenvalue weighted by molar-refractivity contribution is 7.99. The predicted molar refractivity (Wildman–Crippen MR) is 102 cm³/mol. The number of rotatable bonds is 12. The highest BCUT2D eigenvalue weighted by Gasteiger charge is 2.27. The molecule has 1 amide bonds. The number of amides is 1. The fourth-order valence-electron chi connectivity index (χ4n) is 1.75. The van der Waals surface area contributed by atoms with Gasteiger partial charge < -0.3 is 19.5 Å². The van der Waals surface area contributed by atoms with Crippen LogP contribution in [-0.4, -0.2) is 72.8 Å². The van der Waals surface area contributed by atoms with Gasteiger partial charge in [-0.05, 0) is 20.3 Å². The lowest BCUT2D eigenvalue weighted by Gasteiger charge is -2.21. The Bertz CT molecular complexity index is 467. The first-order chi connectivity index (χ1) is 12.0. The molecule has 0 aromatic carbocycles. The van der Waals surface area contributed by atoms with Crippen LogP contribution in [0.5, 0.6) is 0 Å². The van der Waals surface area contributed by atoms with E-state index in [9.17, 15) is 19.5 Å². The largest absolute Gasteiger partial charge is 0.463 e. The van der Waals surface area contributed by atoms with E-state index in [0.717, 1.165) is 0 Å². The second-order valence-electron chi connectivity index (χ2n) is 7.13. The van der Waals surface area contributed by atoms with Gasteiger partial charge in [0, 0.05) is 31.5 Å². The van der Waals surface area contributed by atoms with E-state index in [1.54, 1.807) is 32.8 Å². The van der Waals surface area contributed by atoms with Crippen molar-refractivity contribution >= 4 is 29.6 Å². The molecule has 26 heavy (non-hydrogen) atoms. The summed E-state index contributed by atoms with van der Waals surface area (Å²) >= 11 is 1.51. The Kier molecular flexibility index (Phi) is 11.6. The minimum atomic E-state index is -1.04. The first-order valence-electron chi connectivity index (χ1n) is 8.81. The van der Waals surface area contributed by atoms with Gasteiger partial charge in [0.15, 0.2) is 0 Å². The molecule has 0 aromatic rings. The van der Waals surface area contributed by atoms with E-state index in [4.69, 9.17) is 9.47 Å². The molecule has 0 rings (SSSR count). The minimum Gasteiger partial charge on any atom is -0.463 e. The van der Waals surface area contributed by atoms with Crippen LogP contribution in [0.25, 0.3) is 0 Å². The molecule has 0 spiro atoms. The SMILES string of the molecule is CCC(C)(C)C(=O)OCC(O)COC(=O)CCSCC(C)C(=O)N(C)C. The molecular formula is C18H33NO6S. The van der Waals surface area contributed by atoms with Crippen molar-refractivity contribution in [1.82, 2.24) is 4.90 Å². The molecule has 0 fully saturated rings. The Balaban J connectivity index is 3.88. The maximum Gasteiger partial charge on any atom is 0.311 e. The van der Waals surface area contributed by atoms with Crippen LogP contribution in [0, 0.1) is 11.3 Å². The highest BCUT2D eigenvalue weighted by Crippen LogP contribution is 2.21. The van der Waals surface area contributed by atoms with Crippen molar-refractivity contribution in [2.45, 2.75) is 46.6 Å². The molecule has 0 saturated heterocycles. The summed E-state index contributed by atoms with van der Waals surface area (Å²) in [5.41, 5.74) is -0.598. The molecule has 1 N–H and O–H groups in total. The maximum atomic E-state index is 11.8. The topological polar surface area (TPSA) is 93.1 Å². The molecule has 7 nitrogen and oxygen atoms in total. The van der Waals surface area contributed by atoms with E-state index >= 15 is 0 Å². The van der Waals surface area contributed by atoms with Crippen LogP contribution in [0.4, 0.5) is 0 Å². The van der Waals surface area contributed by atoms with E-state index in [-0.39, 0.29) is 37.4 Å². The number of hydrogen-bond donors (Lipinski definition) is 1. The standard InChI is InChI=1S/C18H33NO6S/c1-7-18(3,4)17(23)25-11-14(20)10-24-15(21)8-9-26-12-13(2)16(22)19(5)6/h13-14,20H,7-12H2,1-6H3. The summed E-state index contributed by atoms with van der Waals surface area (Å²) < 4.78 is 10.0. The van der Waals surface area contributed by atoms with E-state index in [1.807, 2.05) is 13.8 Å². The normalized spacial score (nSPS) is 13.7. The Morgan fingerprint density at radius 2 is 1.73 bits per heavy atom. The second kappa shape index (κ2) is 12.2. The predicted octanol–water partition coefficient (Wildman–Crippen LogP) is 1.72.